The summed E-state index contributed by atoms with van der Waals surface area (Å²) in [6.07, 6.45) is 1.45. The third-order valence-corrected chi connectivity index (χ3v) is 5.04. The highest BCUT2D eigenvalue weighted by Crippen LogP contribution is 2.18. The van der Waals surface area contributed by atoms with Gasteiger partial charge in [-0.3, -0.25) is 13.8 Å². The third kappa shape index (κ3) is 5.95. The van der Waals surface area contributed by atoms with E-state index in [4.69, 9.17) is 4.18 Å². The molecule has 0 bridgehead atoms. The SMILES string of the molecule is CC(=O)c1cccc(Cn2nc(-c3cccc(CCOS(C)(=O)=O)c3)ccc2=O)c1. The summed E-state index contributed by atoms with van der Waals surface area (Å²) in [6, 6.07) is 17.7. The lowest BCUT2D eigenvalue weighted by Crippen LogP contribution is -2.23. The van der Waals surface area contributed by atoms with Gasteiger partial charge in [0.25, 0.3) is 15.7 Å². The van der Waals surface area contributed by atoms with Crippen molar-refractivity contribution in [1.29, 1.82) is 0 Å². The first-order valence-electron chi connectivity index (χ1n) is 9.33. The number of carbonyl (C=O) groups is 1. The molecule has 0 aliphatic carbocycles. The molecule has 0 saturated heterocycles. The van der Waals surface area contributed by atoms with E-state index in [0.29, 0.717) is 17.7 Å². The Balaban J connectivity index is 1.83. The van der Waals surface area contributed by atoms with E-state index in [-0.39, 0.29) is 24.5 Å². The molecule has 0 N–H and O–H groups in total. The standard InChI is InChI=1S/C22H22N2O5S/c1-16(25)19-7-4-6-18(14-19)15-24-22(26)10-9-21(23-24)20-8-3-5-17(13-20)11-12-29-30(2,27)28/h3-10,13-14H,11-12,15H2,1-2H3. The average molecular weight is 426 g/mol. The number of hydrogen-bond donors (Lipinski definition) is 0. The van der Waals surface area contributed by atoms with Crippen LogP contribution in [0.15, 0.2) is 65.5 Å². The first-order chi connectivity index (χ1) is 14.2. The summed E-state index contributed by atoms with van der Waals surface area (Å²) in [7, 11) is -3.48. The molecule has 0 unspecified atom stereocenters. The van der Waals surface area contributed by atoms with Crippen LogP contribution in [-0.4, -0.2) is 36.8 Å². The first kappa shape index (κ1) is 21.6. The second-order valence-electron chi connectivity index (χ2n) is 6.95. The molecule has 0 fully saturated rings. The maximum Gasteiger partial charge on any atom is 0.267 e. The number of benzene rings is 2. The van der Waals surface area contributed by atoms with Gasteiger partial charge in [-0.15, -0.1) is 0 Å². The molecule has 1 aromatic heterocycles. The van der Waals surface area contributed by atoms with Gasteiger partial charge in [-0.05, 0) is 42.7 Å². The van der Waals surface area contributed by atoms with Crippen LogP contribution in [0.25, 0.3) is 11.3 Å². The number of aromatic nitrogens is 2. The summed E-state index contributed by atoms with van der Waals surface area (Å²) in [4.78, 5) is 23.9. The molecule has 2 aromatic carbocycles. The molecule has 0 atom stereocenters. The smallest absolute Gasteiger partial charge is 0.267 e. The van der Waals surface area contributed by atoms with Gasteiger partial charge < -0.3 is 0 Å². The maximum absolute atomic E-state index is 12.3. The molecule has 8 heteroatoms. The normalized spacial score (nSPS) is 11.4. The highest BCUT2D eigenvalue weighted by molar-refractivity contribution is 7.85. The van der Waals surface area contributed by atoms with E-state index in [0.717, 1.165) is 22.9 Å². The van der Waals surface area contributed by atoms with Crippen molar-refractivity contribution in [3.8, 4) is 11.3 Å². The van der Waals surface area contributed by atoms with E-state index in [9.17, 15) is 18.0 Å². The van der Waals surface area contributed by atoms with Crippen LogP contribution in [0.4, 0.5) is 0 Å². The summed E-state index contributed by atoms with van der Waals surface area (Å²) < 4.78 is 28.4. The average Bonchev–Trinajstić information content (AvgIpc) is 2.69. The van der Waals surface area contributed by atoms with E-state index in [1.54, 1.807) is 24.3 Å². The van der Waals surface area contributed by atoms with Gasteiger partial charge in [0, 0.05) is 17.2 Å². The van der Waals surface area contributed by atoms with Crippen LogP contribution in [0.5, 0.6) is 0 Å². The molecule has 0 aliphatic heterocycles. The van der Waals surface area contributed by atoms with Crippen molar-refractivity contribution < 1.29 is 17.4 Å². The first-order valence-corrected chi connectivity index (χ1v) is 11.1. The van der Waals surface area contributed by atoms with Crippen molar-refractivity contribution in [2.75, 3.05) is 12.9 Å². The van der Waals surface area contributed by atoms with E-state index < -0.39 is 10.1 Å². The van der Waals surface area contributed by atoms with E-state index >= 15 is 0 Å². The van der Waals surface area contributed by atoms with Crippen LogP contribution in [-0.2, 0) is 27.3 Å². The Hall–Kier alpha value is -3.10. The number of hydrogen-bond acceptors (Lipinski definition) is 6. The zero-order chi connectivity index (χ0) is 21.7. The molecule has 1 heterocycles. The fourth-order valence-electron chi connectivity index (χ4n) is 2.97. The molecule has 7 nitrogen and oxygen atoms in total. The third-order valence-electron chi connectivity index (χ3n) is 4.44. The van der Waals surface area contributed by atoms with Crippen molar-refractivity contribution in [2.24, 2.45) is 0 Å². The van der Waals surface area contributed by atoms with Crippen molar-refractivity contribution in [3.63, 3.8) is 0 Å². The molecule has 0 spiro atoms. The zero-order valence-corrected chi connectivity index (χ0v) is 17.6. The van der Waals surface area contributed by atoms with Crippen LogP contribution in [0.1, 0.15) is 28.4 Å². The number of ketones is 1. The highest BCUT2D eigenvalue weighted by atomic mass is 32.2. The summed E-state index contributed by atoms with van der Waals surface area (Å²) in [5.41, 5.74) is 3.46. The van der Waals surface area contributed by atoms with Crippen LogP contribution in [0.3, 0.4) is 0 Å². The Morgan fingerprint density at radius 1 is 1.03 bits per heavy atom. The highest BCUT2D eigenvalue weighted by Gasteiger charge is 2.08. The number of carbonyl (C=O) groups excluding carboxylic acids is 1. The van der Waals surface area contributed by atoms with Gasteiger partial charge in [-0.25, -0.2) is 4.68 Å². The van der Waals surface area contributed by atoms with Gasteiger partial charge in [0.05, 0.1) is 25.1 Å². The van der Waals surface area contributed by atoms with Crippen LogP contribution < -0.4 is 5.56 Å². The number of nitrogens with zero attached hydrogens (tertiary/aromatic N) is 2. The quantitative estimate of drug-likeness (QED) is 0.406. The molecule has 0 amide bonds. The summed E-state index contributed by atoms with van der Waals surface area (Å²) in [5, 5.41) is 4.47. The van der Waals surface area contributed by atoms with Gasteiger partial charge >= 0.3 is 0 Å². The van der Waals surface area contributed by atoms with E-state index in [1.807, 2.05) is 30.3 Å². The van der Waals surface area contributed by atoms with Crippen molar-refractivity contribution >= 4 is 15.9 Å². The molecule has 3 aromatic rings. The monoisotopic (exact) mass is 426 g/mol. The largest absolute Gasteiger partial charge is 0.295 e. The summed E-state index contributed by atoms with van der Waals surface area (Å²) in [5.74, 6) is -0.0393. The van der Waals surface area contributed by atoms with Crippen LogP contribution in [0.2, 0.25) is 0 Å². The van der Waals surface area contributed by atoms with Gasteiger partial charge in [-0.1, -0.05) is 36.4 Å². The maximum atomic E-state index is 12.3. The van der Waals surface area contributed by atoms with Gasteiger partial charge in [0.2, 0.25) is 0 Å². The lowest BCUT2D eigenvalue weighted by atomic mass is 10.1. The predicted octanol–water partition coefficient (Wildman–Crippen LogP) is 2.68. The number of Topliss-reactive ketones (excluding diaryl/α,β-unsaturated/α-hetero) is 1. The fraction of sp³-hybridized carbons (Fsp3) is 0.227. The summed E-state index contributed by atoms with van der Waals surface area (Å²) >= 11 is 0. The van der Waals surface area contributed by atoms with Gasteiger partial charge in [0.15, 0.2) is 5.78 Å². The lowest BCUT2D eigenvalue weighted by Gasteiger charge is -2.09. The molecular formula is C22H22N2O5S. The van der Waals surface area contributed by atoms with Crippen molar-refractivity contribution in [1.82, 2.24) is 9.78 Å². The van der Waals surface area contributed by atoms with Gasteiger partial charge in [0.1, 0.15) is 0 Å². The van der Waals surface area contributed by atoms with Crippen LogP contribution >= 0.6 is 0 Å². The minimum atomic E-state index is -3.48. The van der Waals surface area contributed by atoms with Crippen molar-refractivity contribution in [2.45, 2.75) is 19.9 Å². The van der Waals surface area contributed by atoms with Crippen molar-refractivity contribution in [3.05, 3.63) is 87.7 Å². The van der Waals surface area contributed by atoms with E-state index in [1.165, 1.54) is 17.7 Å². The van der Waals surface area contributed by atoms with Gasteiger partial charge in [-0.2, -0.15) is 13.5 Å². The molecule has 0 aliphatic rings. The topological polar surface area (TPSA) is 95.3 Å². The Bertz CT molecular complexity index is 1230. The second-order valence-corrected chi connectivity index (χ2v) is 8.59. The molecule has 156 valence electrons. The zero-order valence-electron chi connectivity index (χ0n) is 16.7. The Labute approximate surface area is 175 Å². The second kappa shape index (κ2) is 9.15. The fourth-order valence-corrected chi connectivity index (χ4v) is 3.36. The molecular weight excluding hydrogens is 404 g/mol. The molecule has 30 heavy (non-hydrogen) atoms. The minimum Gasteiger partial charge on any atom is -0.295 e. The Morgan fingerprint density at radius 2 is 1.77 bits per heavy atom. The molecule has 0 saturated carbocycles. The Morgan fingerprint density at radius 3 is 2.50 bits per heavy atom. The van der Waals surface area contributed by atoms with E-state index in [2.05, 4.69) is 5.10 Å². The molecule has 3 rings (SSSR count). The number of rotatable bonds is 8. The van der Waals surface area contributed by atoms with Crippen LogP contribution in [0, 0.1) is 0 Å². The Kier molecular flexibility index (Phi) is 6.59. The summed E-state index contributed by atoms with van der Waals surface area (Å²) in [6.45, 7) is 1.80. The minimum absolute atomic E-state index is 0.0393. The lowest BCUT2D eigenvalue weighted by molar-refractivity contribution is 0.101. The predicted molar refractivity (Wildman–Crippen MR) is 114 cm³/mol. The molecule has 0 radical (unpaired) electrons.